The molecule has 1 N–H and O–H groups in total. The molecule has 1 saturated heterocycles. The molecular formula is C17H23N3O. The average molecular weight is 285 g/mol. The summed E-state index contributed by atoms with van der Waals surface area (Å²) in [7, 11) is 0. The molecular weight excluding hydrogens is 262 g/mol. The fourth-order valence-electron chi connectivity index (χ4n) is 3.61. The number of nitrogens with zero attached hydrogens (tertiary/aromatic N) is 2. The van der Waals surface area contributed by atoms with Crippen molar-refractivity contribution in [2.45, 2.75) is 38.1 Å². The van der Waals surface area contributed by atoms with Crippen molar-refractivity contribution in [3.8, 4) is 0 Å². The molecule has 1 aromatic carbocycles. The Morgan fingerprint density at radius 1 is 1.10 bits per heavy atom. The van der Waals surface area contributed by atoms with Gasteiger partial charge in [-0.25, -0.2) is 4.79 Å². The molecule has 2 aromatic rings. The largest absolute Gasteiger partial charge is 0.326 e. The van der Waals surface area contributed by atoms with Crippen LogP contribution in [0.5, 0.6) is 0 Å². The van der Waals surface area contributed by atoms with Crippen molar-refractivity contribution >= 4 is 11.0 Å². The molecule has 0 spiro atoms. The fourth-order valence-corrected chi connectivity index (χ4v) is 3.61. The Balaban J connectivity index is 1.47. The second kappa shape index (κ2) is 5.34. The Hall–Kier alpha value is -1.55. The van der Waals surface area contributed by atoms with Gasteiger partial charge in [-0.3, -0.25) is 4.57 Å². The van der Waals surface area contributed by atoms with Crippen molar-refractivity contribution < 1.29 is 0 Å². The number of fused-ring (bicyclic) bond motifs is 1. The first kappa shape index (κ1) is 13.1. The number of aromatic nitrogens is 2. The third-order valence-electron chi connectivity index (χ3n) is 5.10. The van der Waals surface area contributed by atoms with Gasteiger partial charge in [0.25, 0.3) is 0 Å². The molecule has 1 aliphatic heterocycles. The number of rotatable bonds is 4. The minimum Gasteiger partial charge on any atom is -0.306 e. The first-order valence-electron chi connectivity index (χ1n) is 8.23. The number of H-pyrrole nitrogens is 1. The highest BCUT2D eigenvalue weighted by Crippen LogP contribution is 2.33. The topological polar surface area (TPSA) is 41.0 Å². The molecule has 2 fully saturated rings. The van der Waals surface area contributed by atoms with Crippen LogP contribution in [0.4, 0.5) is 0 Å². The summed E-state index contributed by atoms with van der Waals surface area (Å²) in [5.74, 6) is 1.01. The van der Waals surface area contributed by atoms with E-state index in [0.29, 0.717) is 6.04 Å². The van der Waals surface area contributed by atoms with Gasteiger partial charge < -0.3 is 9.88 Å². The predicted molar refractivity (Wildman–Crippen MR) is 84.6 cm³/mol. The summed E-state index contributed by atoms with van der Waals surface area (Å²) in [6.45, 7) is 3.51. The SMILES string of the molecule is O=c1[nH]c2ccccc2n1C1CCN(CCC2CC2)CC1. The van der Waals surface area contributed by atoms with Gasteiger partial charge in [0.1, 0.15) is 0 Å². The summed E-state index contributed by atoms with van der Waals surface area (Å²) in [4.78, 5) is 17.8. The standard InChI is InChI=1S/C17H23N3O/c21-17-18-15-3-1-2-4-16(15)20(17)14-8-11-19(12-9-14)10-7-13-5-6-13/h1-4,13-14H,5-12H2,(H,18,21). The minimum absolute atomic E-state index is 0.0487. The van der Waals surface area contributed by atoms with Crippen LogP contribution in [0.3, 0.4) is 0 Å². The molecule has 1 aliphatic carbocycles. The number of piperidine rings is 1. The van der Waals surface area contributed by atoms with Crippen LogP contribution in [-0.2, 0) is 0 Å². The van der Waals surface area contributed by atoms with Gasteiger partial charge >= 0.3 is 5.69 Å². The minimum atomic E-state index is 0.0487. The van der Waals surface area contributed by atoms with E-state index in [2.05, 4.69) is 9.88 Å². The molecule has 1 aromatic heterocycles. The van der Waals surface area contributed by atoms with Crippen LogP contribution in [0.2, 0.25) is 0 Å². The molecule has 112 valence electrons. The lowest BCUT2D eigenvalue weighted by Gasteiger charge is -2.32. The maximum Gasteiger partial charge on any atom is 0.326 e. The lowest BCUT2D eigenvalue weighted by Crippen LogP contribution is -2.37. The zero-order valence-corrected chi connectivity index (χ0v) is 12.4. The number of likely N-dealkylation sites (tertiary alicyclic amines) is 1. The second-order valence-corrected chi connectivity index (χ2v) is 6.62. The van der Waals surface area contributed by atoms with Gasteiger partial charge in [0.05, 0.1) is 11.0 Å². The lowest BCUT2D eigenvalue weighted by molar-refractivity contribution is 0.182. The van der Waals surface area contributed by atoms with E-state index in [1.165, 1.54) is 25.8 Å². The zero-order chi connectivity index (χ0) is 14.2. The normalized spacial score (nSPS) is 21.1. The van der Waals surface area contributed by atoms with E-state index in [9.17, 15) is 4.79 Å². The third kappa shape index (κ3) is 2.64. The molecule has 0 radical (unpaired) electrons. The monoisotopic (exact) mass is 285 g/mol. The molecule has 0 atom stereocenters. The Bertz CT molecular complexity index is 675. The van der Waals surface area contributed by atoms with E-state index < -0.39 is 0 Å². The van der Waals surface area contributed by atoms with Crippen molar-refractivity contribution in [2.75, 3.05) is 19.6 Å². The zero-order valence-electron chi connectivity index (χ0n) is 12.4. The van der Waals surface area contributed by atoms with E-state index in [1.54, 1.807) is 0 Å². The highest BCUT2D eigenvalue weighted by atomic mass is 16.1. The Labute approximate surface area is 124 Å². The first-order chi connectivity index (χ1) is 10.3. The number of imidazole rings is 1. The molecule has 0 bridgehead atoms. The molecule has 0 unspecified atom stereocenters. The highest BCUT2D eigenvalue weighted by Gasteiger charge is 2.26. The molecule has 21 heavy (non-hydrogen) atoms. The summed E-state index contributed by atoms with van der Waals surface area (Å²) < 4.78 is 1.98. The van der Waals surface area contributed by atoms with Crippen LogP contribution >= 0.6 is 0 Å². The number of aromatic amines is 1. The maximum atomic E-state index is 12.2. The van der Waals surface area contributed by atoms with Crippen molar-refractivity contribution in [3.63, 3.8) is 0 Å². The average Bonchev–Trinajstić information content (AvgIpc) is 3.27. The Morgan fingerprint density at radius 2 is 1.86 bits per heavy atom. The van der Waals surface area contributed by atoms with Gasteiger partial charge in [0, 0.05) is 19.1 Å². The Morgan fingerprint density at radius 3 is 2.62 bits per heavy atom. The lowest BCUT2D eigenvalue weighted by atomic mass is 10.0. The molecule has 2 aliphatic rings. The van der Waals surface area contributed by atoms with Crippen LogP contribution in [0.1, 0.15) is 38.1 Å². The van der Waals surface area contributed by atoms with E-state index in [-0.39, 0.29) is 5.69 Å². The van der Waals surface area contributed by atoms with Crippen LogP contribution in [0.15, 0.2) is 29.1 Å². The van der Waals surface area contributed by atoms with Gasteiger partial charge in [-0.1, -0.05) is 25.0 Å². The van der Waals surface area contributed by atoms with Gasteiger partial charge in [0.2, 0.25) is 0 Å². The molecule has 0 amide bonds. The summed E-state index contributed by atoms with van der Waals surface area (Å²) in [6, 6.07) is 8.37. The quantitative estimate of drug-likeness (QED) is 0.938. The molecule has 2 heterocycles. The van der Waals surface area contributed by atoms with Crippen LogP contribution < -0.4 is 5.69 Å². The number of benzene rings is 1. The highest BCUT2D eigenvalue weighted by molar-refractivity contribution is 5.75. The maximum absolute atomic E-state index is 12.2. The van der Waals surface area contributed by atoms with Gasteiger partial charge in [-0.15, -0.1) is 0 Å². The van der Waals surface area contributed by atoms with Gasteiger partial charge in [-0.2, -0.15) is 0 Å². The van der Waals surface area contributed by atoms with E-state index in [1.807, 2.05) is 28.8 Å². The number of hydrogen-bond donors (Lipinski definition) is 1. The first-order valence-corrected chi connectivity index (χ1v) is 8.23. The number of para-hydroxylation sites is 2. The second-order valence-electron chi connectivity index (χ2n) is 6.62. The molecule has 4 nitrogen and oxygen atoms in total. The van der Waals surface area contributed by atoms with E-state index in [4.69, 9.17) is 0 Å². The number of nitrogens with one attached hydrogen (secondary N) is 1. The van der Waals surface area contributed by atoms with Crippen molar-refractivity contribution in [1.29, 1.82) is 0 Å². The number of hydrogen-bond acceptors (Lipinski definition) is 2. The fraction of sp³-hybridized carbons (Fsp3) is 0.588. The molecule has 4 rings (SSSR count). The van der Waals surface area contributed by atoms with Crippen LogP contribution in [0.25, 0.3) is 11.0 Å². The van der Waals surface area contributed by atoms with Crippen molar-refractivity contribution in [1.82, 2.24) is 14.5 Å². The smallest absolute Gasteiger partial charge is 0.306 e. The summed E-state index contributed by atoms with van der Waals surface area (Å²) >= 11 is 0. The van der Waals surface area contributed by atoms with Crippen molar-refractivity contribution in [2.24, 2.45) is 5.92 Å². The summed E-state index contributed by atoms with van der Waals surface area (Å²) in [5.41, 5.74) is 2.06. The third-order valence-corrected chi connectivity index (χ3v) is 5.10. The van der Waals surface area contributed by atoms with E-state index >= 15 is 0 Å². The van der Waals surface area contributed by atoms with Gasteiger partial charge in [-0.05, 0) is 43.9 Å². The Kier molecular flexibility index (Phi) is 3.34. The predicted octanol–water partition coefficient (Wildman–Crippen LogP) is 2.77. The van der Waals surface area contributed by atoms with Crippen LogP contribution in [-0.4, -0.2) is 34.1 Å². The van der Waals surface area contributed by atoms with E-state index in [0.717, 1.165) is 42.9 Å². The molecule has 1 saturated carbocycles. The van der Waals surface area contributed by atoms with Gasteiger partial charge in [0.15, 0.2) is 0 Å². The molecule has 4 heteroatoms. The summed E-state index contributed by atoms with van der Waals surface area (Å²) in [6.07, 6.45) is 6.44. The van der Waals surface area contributed by atoms with Crippen LogP contribution in [0, 0.1) is 5.92 Å². The van der Waals surface area contributed by atoms with Crippen molar-refractivity contribution in [3.05, 3.63) is 34.7 Å². The summed E-state index contributed by atoms with van der Waals surface area (Å²) in [5, 5.41) is 0.